The molecule has 0 aromatic carbocycles. The van der Waals surface area contributed by atoms with Crippen LogP contribution in [0.1, 0.15) is 32.6 Å². The topological polar surface area (TPSA) is 111 Å². The molecule has 9 nitrogen and oxygen atoms in total. The number of alkyl halides is 1. The van der Waals surface area contributed by atoms with E-state index in [1.807, 2.05) is 6.92 Å². The molecule has 0 aliphatic carbocycles. The Morgan fingerprint density at radius 3 is 3.00 bits per heavy atom. The molecule has 2 saturated heterocycles. The van der Waals surface area contributed by atoms with Crippen LogP contribution in [-0.4, -0.2) is 53.6 Å². The number of pyridine rings is 1. The number of halogens is 1. The lowest BCUT2D eigenvalue weighted by Gasteiger charge is -2.49. The highest BCUT2D eigenvalue weighted by Crippen LogP contribution is 2.37. The highest BCUT2D eigenvalue weighted by molar-refractivity contribution is 5.53. The van der Waals surface area contributed by atoms with Crippen LogP contribution in [0.15, 0.2) is 42.0 Å². The molecule has 2 N–H and O–H groups in total. The fourth-order valence-corrected chi connectivity index (χ4v) is 4.42. The van der Waals surface area contributed by atoms with E-state index in [1.54, 1.807) is 23.3 Å². The monoisotopic (exact) mass is 411 g/mol. The summed E-state index contributed by atoms with van der Waals surface area (Å²) in [5.74, 6) is 0.904. The molecule has 1 unspecified atom stereocenters. The first-order valence-corrected chi connectivity index (χ1v) is 10.0. The number of aromatic amines is 1. The zero-order valence-corrected chi connectivity index (χ0v) is 16.5. The van der Waals surface area contributed by atoms with E-state index in [4.69, 9.17) is 4.74 Å². The second-order valence-electron chi connectivity index (χ2n) is 8.13. The molecular weight excluding hydrogens is 389 g/mol. The van der Waals surface area contributed by atoms with Gasteiger partial charge >= 0.3 is 0 Å². The second kappa shape index (κ2) is 7.28. The standard InChI is InChI=1S/C20H22FN7O2/c1-20-4-2-3-12(25-20)7-15(18(20)21)30-17-10-24-19(27-26-17)13-9-23-16(8-14(13)29)28-6-5-22-11-28/h5-6,8-12,15,18,25H,2-4,7H2,1H3,(H,23,29)/t12?,15-,18+,20+/m1/s1. The van der Waals surface area contributed by atoms with Crippen LogP contribution >= 0.6 is 0 Å². The number of rotatable bonds is 4. The number of fused-ring (bicyclic) bond motifs is 2. The molecule has 2 fully saturated rings. The Labute approximate surface area is 171 Å². The van der Waals surface area contributed by atoms with E-state index in [9.17, 15) is 4.79 Å². The molecule has 2 aliphatic rings. The normalized spacial score (nSPS) is 28.3. The zero-order chi connectivity index (χ0) is 20.7. The van der Waals surface area contributed by atoms with Gasteiger partial charge in [0.25, 0.3) is 5.88 Å². The second-order valence-corrected chi connectivity index (χ2v) is 8.13. The van der Waals surface area contributed by atoms with Crippen LogP contribution in [0.3, 0.4) is 0 Å². The number of hydrogen-bond donors (Lipinski definition) is 2. The average Bonchev–Trinajstić information content (AvgIpc) is 3.28. The molecule has 0 amide bonds. The van der Waals surface area contributed by atoms with Crippen LogP contribution in [0.2, 0.25) is 0 Å². The SMILES string of the molecule is C[C@]12CCCC(C[C@@H](Oc3cnc(-c4c[nH]c(-n5ccnc5)cc4=O)nn3)[C@@H]1F)N2. The van der Waals surface area contributed by atoms with Crippen LogP contribution in [0, 0.1) is 0 Å². The van der Waals surface area contributed by atoms with Gasteiger partial charge in [0.15, 0.2) is 17.4 Å². The van der Waals surface area contributed by atoms with Crippen molar-refractivity contribution in [1.82, 2.24) is 35.0 Å². The fourth-order valence-electron chi connectivity index (χ4n) is 4.42. The van der Waals surface area contributed by atoms with E-state index in [-0.39, 0.29) is 28.7 Å². The van der Waals surface area contributed by atoms with Gasteiger partial charge in [0, 0.05) is 37.1 Å². The van der Waals surface area contributed by atoms with Crippen LogP contribution in [0.25, 0.3) is 17.2 Å². The van der Waals surface area contributed by atoms with Crippen molar-refractivity contribution in [2.75, 3.05) is 0 Å². The van der Waals surface area contributed by atoms with E-state index in [0.717, 1.165) is 19.3 Å². The van der Waals surface area contributed by atoms with Crippen molar-refractivity contribution in [2.24, 2.45) is 0 Å². The minimum atomic E-state index is -1.14. The van der Waals surface area contributed by atoms with Crippen molar-refractivity contribution in [2.45, 2.75) is 56.5 Å². The lowest BCUT2D eigenvalue weighted by atomic mass is 9.75. The summed E-state index contributed by atoms with van der Waals surface area (Å²) in [6.07, 6.45) is 9.51. The highest BCUT2D eigenvalue weighted by Gasteiger charge is 2.49. The summed E-state index contributed by atoms with van der Waals surface area (Å²) in [4.78, 5) is 23.7. The predicted molar refractivity (Wildman–Crippen MR) is 106 cm³/mol. The molecule has 0 radical (unpaired) electrons. The molecule has 0 spiro atoms. The fraction of sp³-hybridized carbons (Fsp3) is 0.450. The van der Waals surface area contributed by atoms with Crippen molar-refractivity contribution < 1.29 is 9.13 Å². The smallest absolute Gasteiger partial charge is 0.252 e. The van der Waals surface area contributed by atoms with Gasteiger partial charge < -0.3 is 15.0 Å². The molecular formula is C20H22FN7O2. The van der Waals surface area contributed by atoms with Crippen LogP contribution in [0.4, 0.5) is 4.39 Å². The average molecular weight is 411 g/mol. The maximum absolute atomic E-state index is 15.0. The van der Waals surface area contributed by atoms with Crippen molar-refractivity contribution >= 4 is 0 Å². The Bertz CT molecular complexity index is 1090. The van der Waals surface area contributed by atoms with E-state index in [0.29, 0.717) is 12.2 Å². The number of piperidine rings is 2. The zero-order valence-electron chi connectivity index (χ0n) is 16.5. The molecule has 3 aromatic heterocycles. The third kappa shape index (κ3) is 3.36. The van der Waals surface area contributed by atoms with Gasteiger partial charge in [0.2, 0.25) is 0 Å². The number of H-pyrrole nitrogens is 1. The Morgan fingerprint density at radius 2 is 2.27 bits per heavy atom. The Kier molecular flexibility index (Phi) is 4.58. The van der Waals surface area contributed by atoms with Crippen molar-refractivity contribution in [3.63, 3.8) is 0 Å². The minimum absolute atomic E-state index is 0.154. The van der Waals surface area contributed by atoms with Gasteiger partial charge in [0.05, 0.1) is 17.3 Å². The summed E-state index contributed by atoms with van der Waals surface area (Å²) in [5, 5.41) is 11.4. The maximum Gasteiger partial charge on any atom is 0.252 e. The molecule has 5 rings (SSSR count). The Morgan fingerprint density at radius 1 is 1.37 bits per heavy atom. The number of aromatic nitrogens is 6. The molecule has 156 valence electrons. The van der Waals surface area contributed by atoms with Crippen LogP contribution in [-0.2, 0) is 0 Å². The molecule has 4 atom stereocenters. The van der Waals surface area contributed by atoms with Crippen LogP contribution in [0.5, 0.6) is 5.88 Å². The van der Waals surface area contributed by atoms with E-state index in [2.05, 4.69) is 30.5 Å². The lowest BCUT2D eigenvalue weighted by Crippen LogP contribution is -2.66. The van der Waals surface area contributed by atoms with Gasteiger partial charge in [-0.1, -0.05) is 0 Å². The van der Waals surface area contributed by atoms with Gasteiger partial charge in [0.1, 0.15) is 18.2 Å². The molecule has 5 heterocycles. The van der Waals surface area contributed by atoms with Gasteiger partial charge in [-0.2, -0.15) is 0 Å². The summed E-state index contributed by atoms with van der Waals surface area (Å²) >= 11 is 0. The van der Waals surface area contributed by atoms with Crippen molar-refractivity contribution in [1.29, 1.82) is 0 Å². The molecule has 2 aliphatic heterocycles. The maximum atomic E-state index is 15.0. The summed E-state index contributed by atoms with van der Waals surface area (Å²) in [6, 6.07) is 1.68. The van der Waals surface area contributed by atoms with Gasteiger partial charge in [-0.25, -0.2) is 14.4 Å². The minimum Gasteiger partial charge on any atom is -0.469 e. The van der Waals surface area contributed by atoms with Crippen molar-refractivity contribution in [3.05, 3.63) is 47.4 Å². The first-order chi connectivity index (χ1) is 14.5. The number of ether oxygens (including phenoxy) is 1. The molecule has 2 bridgehead atoms. The number of nitrogens with zero attached hydrogens (tertiary/aromatic N) is 5. The van der Waals surface area contributed by atoms with Gasteiger partial charge in [-0.3, -0.25) is 9.36 Å². The van der Waals surface area contributed by atoms with Gasteiger partial charge in [-0.15, -0.1) is 10.2 Å². The number of nitrogens with one attached hydrogen (secondary N) is 2. The summed E-state index contributed by atoms with van der Waals surface area (Å²) in [6.45, 7) is 1.91. The molecule has 0 saturated carbocycles. The number of imidazole rings is 1. The van der Waals surface area contributed by atoms with Gasteiger partial charge in [-0.05, 0) is 26.2 Å². The van der Waals surface area contributed by atoms with E-state index < -0.39 is 17.8 Å². The first kappa shape index (κ1) is 18.9. The van der Waals surface area contributed by atoms with Crippen LogP contribution < -0.4 is 15.5 Å². The largest absolute Gasteiger partial charge is 0.469 e. The summed E-state index contributed by atoms with van der Waals surface area (Å²) < 4.78 is 22.5. The predicted octanol–water partition coefficient (Wildman–Crippen LogP) is 1.80. The third-order valence-electron chi connectivity index (χ3n) is 5.97. The first-order valence-electron chi connectivity index (χ1n) is 10.0. The van der Waals surface area contributed by atoms with E-state index >= 15 is 4.39 Å². The molecule has 3 aromatic rings. The molecule has 10 heteroatoms. The quantitative estimate of drug-likeness (QED) is 0.673. The van der Waals surface area contributed by atoms with E-state index in [1.165, 1.54) is 18.5 Å². The summed E-state index contributed by atoms with van der Waals surface area (Å²) in [7, 11) is 0. The Hall–Kier alpha value is -3.14. The highest BCUT2D eigenvalue weighted by atomic mass is 19.1. The Balaban J connectivity index is 1.33. The summed E-state index contributed by atoms with van der Waals surface area (Å²) in [5.41, 5.74) is -0.544. The van der Waals surface area contributed by atoms with Crippen molar-refractivity contribution in [3.8, 4) is 23.1 Å². The lowest BCUT2D eigenvalue weighted by molar-refractivity contribution is -0.0350. The number of hydrogen-bond acceptors (Lipinski definition) is 7. The molecule has 30 heavy (non-hydrogen) atoms. The third-order valence-corrected chi connectivity index (χ3v) is 5.97.